The molecule has 1 saturated carbocycles. The third-order valence-corrected chi connectivity index (χ3v) is 3.97. The molecular weight excluding hydrogens is 174 g/mol. The van der Waals surface area contributed by atoms with Crippen molar-refractivity contribution < 1.29 is 5.11 Å². The summed E-state index contributed by atoms with van der Waals surface area (Å²) < 4.78 is 0. The van der Waals surface area contributed by atoms with Crippen LogP contribution in [-0.2, 0) is 0 Å². The van der Waals surface area contributed by atoms with Crippen LogP contribution in [-0.4, -0.2) is 17.8 Å². The largest absolute Gasteiger partial charge is 0.392 e. The lowest BCUT2D eigenvalue weighted by atomic mass is 9.59. The summed E-state index contributed by atoms with van der Waals surface area (Å²) in [4.78, 5) is 0. The third kappa shape index (κ3) is 1.96. The molecule has 3 N–H and O–H groups in total. The van der Waals surface area contributed by atoms with Crippen molar-refractivity contribution in [2.45, 2.75) is 59.0 Å². The zero-order valence-electron chi connectivity index (χ0n) is 9.84. The van der Waals surface area contributed by atoms with Crippen LogP contribution in [0.15, 0.2) is 0 Å². The normalized spacial score (nSPS) is 37.1. The maximum absolute atomic E-state index is 10.4. The summed E-state index contributed by atoms with van der Waals surface area (Å²) in [5, 5.41) is 10.4. The molecule has 1 fully saturated rings. The Kier molecular flexibility index (Phi) is 3.59. The lowest BCUT2D eigenvalue weighted by Gasteiger charge is -2.49. The van der Waals surface area contributed by atoms with E-state index < -0.39 is 0 Å². The molecule has 2 heteroatoms. The Balaban J connectivity index is 2.84. The quantitative estimate of drug-likeness (QED) is 0.732. The fraction of sp³-hybridized carbons (Fsp3) is 1.00. The van der Waals surface area contributed by atoms with E-state index in [2.05, 4.69) is 20.8 Å². The highest BCUT2D eigenvalue weighted by molar-refractivity contribution is 4.98. The van der Waals surface area contributed by atoms with E-state index in [1.807, 2.05) is 0 Å². The number of hydrogen-bond donors (Lipinski definition) is 2. The average Bonchev–Trinajstić information content (AvgIpc) is 2.13. The molecule has 0 heterocycles. The van der Waals surface area contributed by atoms with Gasteiger partial charge in [-0.1, -0.05) is 33.6 Å². The second-order valence-corrected chi connectivity index (χ2v) is 5.56. The maximum Gasteiger partial charge on any atom is 0.0659 e. The Hall–Kier alpha value is -0.0800. The van der Waals surface area contributed by atoms with Crippen LogP contribution < -0.4 is 5.73 Å². The SMILES string of the molecule is CCCC1(CN)CCCC(C)(C)C1O. The van der Waals surface area contributed by atoms with Gasteiger partial charge in [0.1, 0.15) is 0 Å². The van der Waals surface area contributed by atoms with E-state index in [9.17, 15) is 5.11 Å². The topological polar surface area (TPSA) is 46.2 Å². The number of hydrogen-bond acceptors (Lipinski definition) is 2. The minimum atomic E-state index is -0.228. The zero-order valence-corrected chi connectivity index (χ0v) is 9.84. The average molecular weight is 199 g/mol. The molecule has 2 unspecified atom stereocenters. The molecular formula is C12H25NO. The fourth-order valence-corrected chi connectivity index (χ4v) is 3.07. The van der Waals surface area contributed by atoms with Crippen LogP contribution in [0.2, 0.25) is 0 Å². The molecule has 0 aromatic carbocycles. The smallest absolute Gasteiger partial charge is 0.0659 e. The van der Waals surface area contributed by atoms with Gasteiger partial charge in [0.05, 0.1) is 6.10 Å². The summed E-state index contributed by atoms with van der Waals surface area (Å²) >= 11 is 0. The summed E-state index contributed by atoms with van der Waals surface area (Å²) in [6.45, 7) is 7.13. The predicted molar refractivity (Wildman–Crippen MR) is 60.0 cm³/mol. The Labute approximate surface area is 87.9 Å². The van der Waals surface area contributed by atoms with Gasteiger partial charge < -0.3 is 10.8 Å². The maximum atomic E-state index is 10.4. The fourth-order valence-electron chi connectivity index (χ4n) is 3.07. The predicted octanol–water partition coefficient (Wildman–Crippen LogP) is 2.30. The first-order valence-corrected chi connectivity index (χ1v) is 5.87. The van der Waals surface area contributed by atoms with Crippen molar-refractivity contribution in [2.24, 2.45) is 16.6 Å². The molecule has 0 aromatic rings. The van der Waals surface area contributed by atoms with Gasteiger partial charge >= 0.3 is 0 Å². The molecule has 2 atom stereocenters. The molecule has 1 aliphatic carbocycles. The van der Waals surface area contributed by atoms with E-state index >= 15 is 0 Å². The van der Waals surface area contributed by atoms with E-state index in [4.69, 9.17) is 5.73 Å². The van der Waals surface area contributed by atoms with Crippen molar-refractivity contribution in [3.05, 3.63) is 0 Å². The minimum absolute atomic E-state index is 0.00347. The highest BCUT2D eigenvalue weighted by atomic mass is 16.3. The van der Waals surface area contributed by atoms with Gasteiger partial charge in [-0.3, -0.25) is 0 Å². The Bertz CT molecular complexity index is 187. The molecule has 0 spiro atoms. The third-order valence-electron chi connectivity index (χ3n) is 3.97. The molecule has 84 valence electrons. The van der Waals surface area contributed by atoms with Gasteiger partial charge in [0.2, 0.25) is 0 Å². The molecule has 0 amide bonds. The van der Waals surface area contributed by atoms with Crippen LogP contribution in [0.5, 0.6) is 0 Å². The van der Waals surface area contributed by atoms with E-state index in [-0.39, 0.29) is 16.9 Å². The first-order chi connectivity index (χ1) is 6.48. The highest BCUT2D eigenvalue weighted by Crippen LogP contribution is 2.48. The Morgan fingerprint density at radius 1 is 1.36 bits per heavy atom. The molecule has 0 radical (unpaired) electrons. The van der Waals surface area contributed by atoms with Crippen molar-refractivity contribution in [3.63, 3.8) is 0 Å². The van der Waals surface area contributed by atoms with Crippen molar-refractivity contribution in [2.75, 3.05) is 6.54 Å². The van der Waals surface area contributed by atoms with E-state index in [0.29, 0.717) is 6.54 Å². The molecule has 0 saturated heterocycles. The summed E-state index contributed by atoms with van der Waals surface area (Å²) in [5.41, 5.74) is 5.92. The lowest BCUT2D eigenvalue weighted by molar-refractivity contribution is -0.0927. The van der Waals surface area contributed by atoms with Crippen molar-refractivity contribution in [1.82, 2.24) is 0 Å². The van der Waals surface area contributed by atoms with Gasteiger partial charge in [-0.2, -0.15) is 0 Å². The molecule has 0 aliphatic heterocycles. The second-order valence-electron chi connectivity index (χ2n) is 5.56. The van der Waals surface area contributed by atoms with Gasteiger partial charge in [-0.25, -0.2) is 0 Å². The number of nitrogens with two attached hydrogens (primary N) is 1. The first-order valence-electron chi connectivity index (χ1n) is 5.87. The summed E-state index contributed by atoms with van der Waals surface area (Å²) in [6, 6.07) is 0. The Morgan fingerprint density at radius 3 is 2.50 bits per heavy atom. The van der Waals surface area contributed by atoms with E-state index in [1.165, 1.54) is 6.42 Å². The van der Waals surface area contributed by atoms with Crippen LogP contribution >= 0.6 is 0 Å². The minimum Gasteiger partial charge on any atom is -0.392 e. The van der Waals surface area contributed by atoms with Crippen LogP contribution in [0.3, 0.4) is 0 Å². The first kappa shape index (κ1) is 12.0. The highest BCUT2D eigenvalue weighted by Gasteiger charge is 2.46. The van der Waals surface area contributed by atoms with Gasteiger partial charge in [-0.05, 0) is 24.7 Å². The number of rotatable bonds is 3. The van der Waals surface area contributed by atoms with Gasteiger partial charge in [0, 0.05) is 12.0 Å². The van der Waals surface area contributed by atoms with Crippen LogP contribution in [0.4, 0.5) is 0 Å². The van der Waals surface area contributed by atoms with Crippen molar-refractivity contribution in [1.29, 1.82) is 0 Å². The molecule has 2 nitrogen and oxygen atoms in total. The van der Waals surface area contributed by atoms with Crippen LogP contribution in [0, 0.1) is 10.8 Å². The number of aliphatic hydroxyl groups excluding tert-OH is 1. The molecule has 1 rings (SSSR count). The van der Waals surface area contributed by atoms with Crippen LogP contribution in [0.25, 0.3) is 0 Å². The standard InChI is InChI=1S/C12H25NO/c1-4-6-12(9-13)8-5-7-11(2,3)10(12)14/h10,14H,4-9,13H2,1-3H3. The monoisotopic (exact) mass is 199 g/mol. The zero-order chi connectivity index (χ0) is 10.8. The van der Waals surface area contributed by atoms with Crippen molar-refractivity contribution >= 4 is 0 Å². The van der Waals surface area contributed by atoms with Crippen molar-refractivity contribution in [3.8, 4) is 0 Å². The summed E-state index contributed by atoms with van der Waals surface area (Å²) in [7, 11) is 0. The van der Waals surface area contributed by atoms with Gasteiger partial charge in [0.15, 0.2) is 0 Å². The van der Waals surface area contributed by atoms with Gasteiger partial charge in [-0.15, -0.1) is 0 Å². The summed E-state index contributed by atoms with van der Waals surface area (Å²) in [6.07, 6.45) is 5.38. The molecule has 0 aromatic heterocycles. The molecule has 1 aliphatic rings. The summed E-state index contributed by atoms with van der Waals surface area (Å²) in [5.74, 6) is 0. The van der Waals surface area contributed by atoms with Gasteiger partial charge in [0.25, 0.3) is 0 Å². The second kappa shape index (κ2) is 4.19. The molecule has 0 bridgehead atoms. The number of aliphatic hydroxyl groups is 1. The molecule has 14 heavy (non-hydrogen) atoms. The van der Waals surface area contributed by atoms with E-state index in [0.717, 1.165) is 25.7 Å². The van der Waals surface area contributed by atoms with E-state index in [1.54, 1.807) is 0 Å². The Morgan fingerprint density at radius 2 is 2.00 bits per heavy atom. The van der Waals surface area contributed by atoms with Crippen LogP contribution in [0.1, 0.15) is 52.9 Å². The lowest BCUT2D eigenvalue weighted by Crippen LogP contribution is -2.52.